The van der Waals surface area contributed by atoms with Gasteiger partial charge in [-0.2, -0.15) is 0 Å². The van der Waals surface area contributed by atoms with Gasteiger partial charge in [0.05, 0.1) is 17.1 Å². The predicted octanol–water partition coefficient (Wildman–Crippen LogP) is 6.66. The Bertz CT molecular complexity index is 1760. The zero-order valence-electron chi connectivity index (χ0n) is 29.4. The highest BCUT2D eigenvalue weighted by molar-refractivity contribution is 7.14. The molecule has 254 valence electrons. The fourth-order valence-electron chi connectivity index (χ4n) is 4.96. The van der Waals surface area contributed by atoms with Gasteiger partial charge in [0.25, 0.3) is 11.5 Å². The van der Waals surface area contributed by atoms with E-state index in [1.807, 2.05) is 74.3 Å². The van der Waals surface area contributed by atoms with Crippen LogP contribution in [0.25, 0.3) is 11.3 Å². The first-order valence-electron chi connectivity index (χ1n) is 16.0. The number of nitrogens with one attached hydrogen (secondary N) is 2. The van der Waals surface area contributed by atoms with Gasteiger partial charge < -0.3 is 20.1 Å². The van der Waals surface area contributed by atoms with Crippen molar-refractivity contribution < 1.29 is 9.59 Å². The minimum atomic E-state index is -0.210. The molecule has 2 aromatic carbocycles. The van der Waals surface area contributed by atoms with Crippen molar-refractivity contribution in [2.75, 3.05) is 38.3 Å². The van der Waals surface area contributed by atoms with E-state index >= 15 is 0 Å². The molecular weight excluding hydrogens is 621 g/mol. The summed E-state index contributed by atoms with van der Waals surface area (Å²) in [7, 11) is 7.21. The quantitative estimate of drug-likeness (QED) is 0.204. The average Bonchev–Trinajstić information content (AvgIpc) is 3.51. The van der Waals surface area contributed by atoms with Crippen molar-refractivity contribution in [3.05, 3.63) is 91.5 Å². The van der Waals surface area contributed by atoms with E-state index in [2.05, 4.69) is 42.3 Å². The second kappa shape index (κ2) is 17.4. The molecule has 1 aliphatic carbocycles. The zero-order chi connectivity index (χ0) is 35.5. The number of anilines is 3. The Morgan fingerprint density at radius 1 is 1.02 bits per heavy atom. The molecule has 0 fully saturated rings. The molecule has 0 spiro atoms. The van der Waals surface area contributed by atoms with Crippen LogP contribution in [-0.2, 0) is 24.7 Å². The number of hydrogen-bond donors (Lipinski definition) is 2. The number of aromatic nitrogens is 2. The van der Waals surface area contributed by atoms with Gasteiger partial charge in [0.15, 0.2) is 5.82 Å². The van der Waals surface area contributed by atoms with E-state index in [4.69, 9.17) is 0 Å². The zero-order valence-corrected chi connectivity index (χ0v) is 30.2. The lowest BCUT2D eigenvalue weighted by Gasteiger charge is -2.22. The molecule has 0 aliphatic heterocycles. The standard InChI is InChI=1S/C28H28N4O2S.C8H18N2O.C2H2/c1-17-11-13-20(14-12-17)29-26-28(34)32(3)16-23(30-26)21-8-6-9-22(18(21)2)31-27(33)25-15-19-7-4-5-10-24(19)35-25;1-7(2)10(5)6-8(11)9(3)4;1-2/h6,8-9,11-16H,4-5,7,10H2,1-3H3,(H,29,30)(H,31,33);7H,6H2,1-5H3;1-2H. The first kappa shape index (κ1) is 37.7. The van der Waals surface area contributed by atoms with Crippen LogP contribution in [0.2, 0.25) is 0 Å². The van der Waals surface area contributed by atoms with E-state index < -0.39 is 0 Å². The van der Waals surface area contributed by atoms with Crippen LogP contribution in [-0.4, -0.2) is 64.9 Å². The lowest BCUT2D eigenvalue weighted by Crippen LogP contribution is -2.37. The highest BCUT2D eigenvalue weighted by Crippen LogP contribution is 2.32. The van der Waals surface area contributed by atoms with E-state index in [0.29, 0.717) is 18.3 Å². The third-order valence-electron chi connectivity index (χ3n) is 8.23. The minimum absolute atomic E-state index is 0.0835. The first-order chi connectivity index (χ1) is 22.8. The number of amides is 2. The van der Waals surface area contributed by atoms with Crippen LogP contribution in [0, 0.1) is 26.7 Å². The Morgan fingerprint density at radius 2 is 1.69 bits per heavy atom. The molecule has 48 heavy (non-hydrogen) atoms. The summed E-state index contributed by atoms with van der Waals surface area (Å²) in [6.45, 7) is 8.63. The van der Waals surface area contributed by atoms with Gasteiger partial charge >= 0.3 is 0 Å². The van der Waals surface area contributed by atoms with E-state index in [-0.39, 0.29) is 23.2 Å². The van der Waals surface area contributed by atoms with Crippen molar-refractivity contribution >= 4 is 40.3 Å². The lowest BCUT2D eigenvalue weighted by molar-refractivity contribution is -0.129. The molecule has 10 heteroatoms. The van der Waals surface area contributed by atoms with Crippen LogP contribution in [0.4, 0.5) is 17.2 Å². The Balaban J connectivity index is 0.000000412. The van der Waals surface area contributed by atoms with Gasteiger partial charge in [-0.1, -0.05) is 29.8 Å². The van der Waals surface area contributed by atoms with Crippen molar-refractivity contribution in [3.8, 4) is 24.1 Å². The summed E-state index contributed by atoms with van der Waals surface area (Å²) in [5.74, 6) is 0.327. The summed E-state index contributed by atoms with van der Waals surface area (Å²) in [6, 6.07) is 16.0. The van der Waals surface area contributed by atoms with Crippen LogP contribution in [0.15, 0.2) is 59.5 Å². The molecule has 2 heterocycles. The Labute approximate surface area is 289 Å². The molecule has 0 atom stereocenters. The van der Waals surface area contributed by atoms with Crippen molar-refractivity contribution in [2.45, 2.75) is 59.4 Å². The van der Waals surface area contributed by atoms with E-state index in [1.54, 1.807) is 43.6 Å². The Kier molecular flexibility index (Phi) is 13.7. The van der Waals surface area contributed by atoms with Gasteiger partial charge in [-0.05, 0) is 95.8 Å². The molecular formula is C38H48N6O3S. The molecule has 4 aromatic rings. The third-order valence-corrected chi connectivity index (χ3v) is 9.46. The van der Waals surface area contributed by atoms with Crippen LogP contribution in [0.1, 0.15) is 57.9 Å². The number of rotatable bonds is 8. The first-order valence-corrected chi connectivity index (χ1v) is 16.8. The highest BCUT2D eigenvalue weighted by atomic mass is 32.1. The number of thiophene rings is 1. The molecule has 0 saturated heterocycles. The molecule has 9 nitrogen and oxygen atoms in total. The third kappa shape index (κ3) is 9.89. The maximum atomic E-state index is 13.0. The SMILES string of the molecule is C#C.CC(C)N(C)CC(=O)N(C)C.Cc1ccc(Nc2nc(-c3cccc(NC(=O)c4cc5c(s4)CCCC5)c3C)cn(C)c2=O)cc1. The fraction of sp³-hybridized carbons (Fsp3) is 0.368. The lowest BCUT2D eigenvalue weighted by atomic mass is 9.99. The van der Waals surface area contributed by atoms with Crippen molar-refractivity contribution in [1.82, 2.24) is 19.4 Å². The number of carbonyl (C=O) groups excluding carboxylic acids is 2. The van der Waals surface area contributed by atoms with Crippen molar-refractivity contribution in [2.24, 2.45) is 7.05 Å². The molecule has 2 amide bonds. The maximum absolute atomic E-state index is 13.0. The van der Waals surface area contributed by atoms with Gasteiger partial charge in [-0.25, -0.2) is 4.98 Å². The Morgan fingerprint density at radius 3 is 2.31 bits per heavy atom. The van der Waals surface area contributed by atoms with Crippen LogP contribution in [0.5, 0.6) is 0 Å². The Hall–Kier alpha value is -4.72. The van der Waals surface area contributed by atoms with Gasteiger partial charge in [0, 0.05) is 55.2 Å². The van der Waals surface area contributed by atoms with Crippen LogP contribution < -0.4 is 16.2 Å². The smallest absolute Gasteiger partial charge is 0.293 e. The normalized spacial score (nSPS) is 11.8. The van der Waals surface area contributed by atoms with E-state index in [0.717, 1.165) is 45.8 Å². The molecule has 2 N–H and O–H groups in total. The minimum Gasteiger partial charge on any atom is -0.348 e. The van der Waals surface area contributed by atoms with Gasteiger partial charge in [-0.3, -0.25) is 19.3 Å². The van der Waals surface area contributed by atoms with Crippen LogP contribution in [0.3, 0.4) is 0 Å². The second-order valence-electron chi connectivity index (χ2n) is 12.4. The summed E-state index contributed by atoms with van der Waals surface area (Å²) in [6.07, 6.45) is 14.2. The molecule has 0 unspecified atom stereocenters. The average molecular weight is 669 g/mol. The maximum Gasteiger partial charge on any atom is 0.293 e. The molecule has 1 aliphatic rings. The van der Waals surface area contributed by atoms with Crippen LogP contribution >= 0.6 is 11.3 Å². The topological polar surface area (TPSA) is 99.6 Å². The predicted molar refractivity (Wildman–Crippen MR) is 199 cm³/mol. The summed E-state index contributed by atoms with van der Waals surface area (Å²) in [5.41, 5.74) is 6.20. The molecule has 2 aromatic heterocycles. The number of aryl methyl sites for hydroxylation is 4. The second-order valence-corrected chi connectivity index (χ2v) is 13.5. The van der Waals surface area contributed by atoms with E-state index in [9.17, 15) is 14.4 Å². The number of likely N-dealkylation sites (N-methyl/N-ethyl adjacent to an activating group) is 2. The summed E-state index contributed by atoms with van der Waals surface area (Å²) < 4.78 is 1.53. The van der Waals surface area contributed by atoms with Gasteiger partial charge in [0.1, 0.15) is 0 Å². The number of terminal acetylenes is 1. The van der Waals surface area contributed by atoms with Gasteiger partial charge in [0.2, 0.25) is 5.91 Å². The largest absolute Gasteiger partial charge is 0.348 e. The number of fused-ring (bicyclic) bond motifs is 1. The number of carbonyl (C=O) groups is 2. The number of hydrogen-bond acceptors (Lipinski definition) is 7. The van der Waals surface area contributed by atoms with Crippen molar-refractivity contribution in [3.63, 3.8) is 0 Å². The van der Waals surface area contributed by atoms with Gasteiger partial charge in [-0.15, -0.1) is 24.2 Å². The molecule has 0 radical (unpaired) electrons. The molecule has 0 bridgehead atoms. The van der Waals surface area contributed by atoms with E-state index in [1.165, 1.54) is 27.8 Å². The molecule has 5 rings (SSSR count). The summed E-state index contributed by atoms with van der Waals surface area (Å²) in [4.78, 5) is 47.3. The monoisotopic (exact) mass is 668 g/mol. The highest BCUT2D eigenvalue weighted by Gasteiger charge is 2.19. The summed E-state index contributed by atoms with van der Waals surface area (Å²) >= 11 is 1.61. The molecule has 0 saturated carbocycles. The van der Waals surface area contributed by atoms with Crippen molar-refractivity contribution in [1.29, 1.82) is 0 Å². The fourth-order valence-corrected chi connectivity index (χ4v) is 6.11. The number of nitrogens with zero attached hydrogens (tertiary/aromatic N) is 4. The number of benzene rings is 2. The summed E-state index contributed by atoms with van der Waals surface area (Å²) in [5, 5.41) is 6.24.